The highest BCUT2D eigenvalue weighted by molar-refractivity contribution is 7.80. The van der Waals surface area contributed by atoms with E-state index in [-0.39, 0.29) is 0 Å². The maximum Gasteiger partial charge on any atom is 0.166 e. The number of benzene rings is 1. The second-order valence-electron chi connectivity index (χ2n) is 4.03. The van der Waals surface area contributed by atoms with E-state index in [0.29, 0.717) is 11.0 Å². The summed E-state index contributed by atoms with van der Waals surface area (Å²) in [5.41, 5.74) is 7.07. The fourth-order valence-corrected chi connectivity index (χ4v) is 2.34. The van der Waals surface area contributed by atoms with Gasteiger partial charge < -0.3 is 10.6 Å². The molecule has 1 fully saturated rings. The monoisotopic (exact) mass is 220 g/mol. The molecule has 1 aromatic rings. The Morgan fingerprint density at radius 1 is 1.33 bits per heavy atom. The predicted octanol–water partition coefficient (Wildman–Crippen LogP) is 2.11. The van der Waals surface area contributed by atoms with Gasteiger partial charge in [0.05, 0.1) is 0 Å². The molecule has 1 saturated heterocycles. The van der Waals surface area contributed by atoms with Crippen LogP contribution in [0.3, 0.4) is 0 Å². The van der Waals surface area contributed by atoms with Gasteiger partial charge in [-0.25, -0.2) is 0 Å². The van der Waals surface area contributed by atoms with Crippen LogP contribution in [0, 0.1) is 0 Å². The topological polar surface area (TPSA) is 29.3 Å². The SMILES string of the molecule is NC(=S)N1CCCC(c2ccccc2)C1. The van der Waals surface area contributed by atoms with Crippen LogP contribution in [-0.4, -0.2) is 23.1 Å². The van der Waals surface area contributed by atoms with Crippen molar-refractivity contribution in [1.29, 1.82) is 0 Å². The van der Waals surface area contributed by atoms with Gasteiger partial charge >= 0.3 is 0 Å². The average Bonchev–Trinajstić information content (AvgIpc) is 2.30. The van der Waals surface area contributed by atoms with Crippen molar-refractivity contribution in [2.75, 3.05) is 13.1 Å². The van der Waals surface area contributed by atoms with E-state index in [1.165, 1.54) is 18.4 Å². The van der Waals surface area contributed by atoms with Crippen molar-refractivity contribution < 1.29 is 0 Å². The summed E-state index contributed by atoms with van der Waals surface area (Å²) in [6, 6.07) is 10.6. The number of nitrogens with two attached hydrogens (primary N) is 1. The van der Waals surface area contributed by atoms with Crippen molar-refractivity contribution >= 4 is 17.3 Å². The first-order chi connectivity index (χ1) is 7.27. The molecule has 0 spiro atoms. The van der Waals surface area contributed by atoms with E-state index in [9.17, 15) is 0 Å². The number of hydrogen-bond acceptors (Lipinski definition) is 1. The minimum atomic E-state index is 0.538. The molecule has 1 aromatic carbocycles. The van der Waals surface area contributed by atoms with Crippen molar-refractivity contribution in [3.8, 4) is 0 Å². The molecule has 1 aliphatic heterocycles. The van der Waals surface area contributed by atoms with Gasteiger partial charge in [0.1, 0.15) is 0 Å². The van der Waals surface area contributed by atoms with E-state index in [1.54, 1.807) is 0 Å². The Balaban J connectivity index is 2.08. The minimum absolute atomic E-state index is 0.538. The van der Waals surface area contributed by atoms with Gasteiger partial charge in [-0.3, -0.25) is 0 Å². The summed E-state index contributed by atoms with van der Waals surface area (Å²) in [6.07, 6.45) is 2.42. The van der Waals surface area contributed by atoms with E-state index >= 15 is 0 Å². The van der Waals surface area contributed by atoms with Gasteiger partial charge in [-0.2, -0.15) is 0 Å². The van der Waals surface area contributed by atoms with Gasteiger partial charge in [0.15, 0.2) is 5.11 Å². The number of piperidine rings is 1. The number of likely N-dealkylation sites (tertiary alicyclic amines) is 1. The minimum Gasteiger partial charge on any atom is -0.376 e. The van der Waals surface area contributed by atoms with E-state index in [1.807, 2.05) is 0 Å². The number of thiocarbonyl (C=S) groups is 1. The van der Waals surface area contributed by atoms with Crippen LogP contribution >= 0.6 is 12.2 Å². The summed E-state index contributed by atoms with van der Waals surface area (Å²) in [7, 11) is 0. The summed E-state index contributed by atoms with van der Waals surface area (Å²) < 4.78 is 0. The largest absolute Gasteiger partial charge is 0.376 e. The Hall–Kier alpha value is -1.09. The molecular weight excluding hydrogens is 204 g/mol. The van der Waals surface area contributed by atoms with Gasteiger partial charge in [0.2, 0.25) is 0 Å². The van der Waals surface area contributed by atoms with Crippen LogP contribution in [0.4, 0.5) is 0 Å². The highest BCUT2D eigenvalue weighted by Crippen LogP contribution is 2.26. The summed E-state index contributed by atoms with van der Waals surface area (Å²) in [6.45, 7) is 1.98. The summed E-state index contributed by atoms with van der Waals surface area (Å²) >= 11 is 5.02. The Kier molecular flexibility index (Phi) is 3.21. The second kappa shape index (κ2) is 4.62. The lowest BCUT2D eigenvalue weighted by atomic mass is 9.91. The lowest BCUT2D eigenvalue weighted by Gasteiger charge is -2.33. The Morgan fingerprint density at radius 3 is 2.73 bits per heavy atom. The molecule has 0 amide bonds. The molecule has 1 heterocycles. The highest BCUT2D eigenvalue weighted by atomic mass is 32.1. The Bertz CT molecular complexity index is 337. The lowest BCUT2D eigenvalue weighted by Crippen LogP contribution is -2.42. The molecule has 2 nitrogen and oxygen atoms in total. The highest BCUT2D eigenvalue weighted by Gasteiger charge is 2.21. The molecule has 0 aromatic heterocycles. The molecular formula is C12H16N2S. The molecule has 1 unspecified atom stereocenters. The summed E-state index contributed by atoms with van der Waals surface area (Å²) in [4.78, 5) is 2.11. The molecule has 2 N–H and O–H groups in total. The molecule has 1 aliphatic rings. The van der Waals surface area contributed by atoms with E-state index in [2.05, 4.69) is 35.2 Å². The third-order valence-electron chi connectivity index (χ3n) is 3.00. The van der Waals surface area contributed by atoms with Crippen molar-refractivity contribution in [3.63, 3.8) is 0 Å². The third-order valence-corrected chi connectivity index (χ3v) is 3.26. The Morgan fingerprint density at radius 2 is 2.07 bits per heavy atom. The lowest BCUT2D eigenvalue weighted by molar-refractivity contribution is 0.311. The molecule has 15 heavy (non-hydrogen) atoms. The van der Waals surface area contributed by atoms with Crippen LogP contribution < -0.4 is 5.73 Å². The summed E-state index contributed by atoms with van der Waals surface area (Å²) in [5, 5.41) is 0.538. The van der Waals surface area contributed by atoms with Gasteiger partial charge in [-0.05, 0) is 30.6 Å². The van der Waals surface area contributed by atoms with Crippen molar-refractivity contribution in [2.45, 2.75) is 18.8 Å². The maximum atomic E-state index is 5.66. The standard InChI is InChI=1S/C12H16N2S/c13-12(15)14-8-4-7-11(9-14)10-5-2-1-3-6-10/h1-3,5-6,11H,4,7-9H2,(H2,13,15). The zero-order chi connectivity index (χ0) is 10.7. The first kappa shape index (κ1) is 10.4. The van der Waals surface area contributed by atoms with Crippen LogP contribution in [-0.2, 0) is 0 Å². The molecule has 2 rings (SSSR count). The molecule has 0 radical (unpaired) electrons. The van der Waals surface area contributed by atoms with Crippen LogP contribution in [0.25, 0.3) is 0 Å². The molecule has 0 bridgehead atoms. The average molecular weight is 220 g/mol. The second-order valence-corrected chi connectivity index (χ2v) is 4.45. The first-order valence-electron chi connectivity index (χ1n) is 5.36. The van der Waals surface area contributed by atoms with Crippen molar-refractivity contribution in [1.82, 2.24) is 4.90 Å². The molecule has 3 heteroatoms. The number of rotatable bonds is 1. The zero-order valence-electron chi connectivity index (χ0n) is 8.73. The van der Waals surface area contributed by atoms with Gasteiger partial charge in [-0.15, -0.1) is 0 Å². The van der Waals surface area contributed by atoms with Crippen molar-refractivity contribution in [2.24, 2.45) is 5.73 Å². The molecule has 1 atom stereocenters. The number of hydrogen-bond donors (Lipinski definition) is 1. The van der Waals surface area contributed by atoms with E-state index in [4.69, 9.17) is 18.0 Å². The smallest absolute Gasteiger partial charge is 0.166 e. The quantitative estimate of drug-likeness (QED) is 0.735. The molecule has 80 valence electrons. The number of nitrogens with zero attached hydrogens (tertiary/aromatic N) is 1. The normalized spacial score (nSPS) is 21.3. The Labute approximate surface area is 96.1 Å². The summed E-state index contributed by atoms with van der Waals surface area (Å²) in [5.74, 6) is 0.585. The first-order valence-corrected chi connectivity index (χ1v) is 5.77. The van der Waals surface area contributed by atoms with Crippen LogP contribution in [0.15, 0.2) is 30.3 Å². The van der Waals surface area contributed by atoms with Crippen molar-refractivity contribution in [3.05, 3.63) is 35.9 Å². The van der Waals surface area contributed by atoms with Crippen LogP contribution in [0.5, 0.6) is 0 Å². The zero-order valence-corrected chi connectivity index (χ0v) is 9.54. The van der Waals surface area contributed by atoms with E-state index in [0.717, 1.165) is 13.1 Å². The van der Waals surface area contributed by atoms with E-state index < -0.39 is 0 Å². The van der Waals surface area contributed by atoms with Gasteiger partial charge in [-0.1, -0.05) is 30.3 Å². The van der Waals surface area contributed by atoms with Gasteiger partial charge in [0.25, 0.3) is 0 Å². The predicted molar refractivity (Wildman–Crippen MR) is 66.8 cm³/mol. The molecule has 0 saturated carbocycles. The van der Waals surface area contributed by atoms with Crippen LogP contribution in [0.1, 0.15) is 24.3 Å². The fraction of sp³-hybridized carbons (Fsp3) is 0.417. The molecule has 0 aliphatic carbocycles. The fourth-order valence-electron chi connectivity index (χ4n) is 2.17. The van der Waals surface area contributed by atoms with Gasteiger partial charge in [0, 0.05) is 19.0 Å². The third kappa shape index (κ3) is 2.48. The maximum absolute atomic E-state index is 5.66. The van der Waals surface area contributed by atoms with Crippen LogP contribution in [0.2, 0.25) is 0 Å².